The highest BCUT2D eigenvalue weighted by molar-refractivity contribution is 5.99. The molecule has 10 bridgehead atoms. The maximum Gasteiger partial charge on any atom is 0.307 e. The fourth-order valence-electron chi connectivity index (χ4n) is 7.20. The molecule has 5 heterocycles. The summed E-state index contributed by atoms with van der Waals surface area (Å²) in [5.41, 5.74) is 10.00. The molecule has 1 N–H and O–H groups in total. The Balaban J connectivity index is 1.35. The van der Waals surface area contributed by atoms with Gasteiger partial charge in [0.25, 0.3) is 5.91 Å². The van der Waals surface area contributed by atoms with Crippen LogP contribution >= 0.6 is 0 Å². The van der Waals surface area contributed by atoms with Gasteiger partial charge in [0.15, 0.2) is 0 Å². The number of hydrogen-bond acceptors (Lipinski definition) is 4. The molecule has 5 aromatic rings. The van der Waals surface area contributed by atoms with Crippen molar-refractivity contribution in [3.05, 3.63) is 93.7 Å². The van der Waals surface area contributed by atoms with Gasteiger partial charge in [-0.15, -0.1) is 5.10 Å². The summed E-state index contributed by atoms with van der Waals surface area (Å²) in [7, 11) is 1.97. The first-order valence-electron chi connectivity index (χ1n) is 15.3. The minimum absolute atomic E-state index is 0.0262. The van der Waals surface area contributed by atoms with Crippen LogP contribution in [0.15, 0.2) is 54.6 Å². The molecule has 3 aliphatic rings. The van der Waals surface area contributed by atoms with Gasteiger partial charge in [-0.25, -0.2) is 4.68 Å². The Labute approximate surface area is 250 Å². The summed E-state index contributed by atoms with van der Waals surface area (Å²) < 4.78 is 3.99. The van der Waals surface area contributed by atoms with Crippen molar-refractivity contribution < 1.29 is 14.7 Å². The summed E-state index contributed by atoms with van der Waals surface area (Å²) in [5, 5.41) is 20.3. The van der Waals surface area contributed by atoms with E-state index in [-0.39, 0.29) is 11.8 Å². The molecule has 2 aromatic heterocycles. The Hall–Kier alpha value is -4.46. The van der Waals surface area contributed by atoms with Crippen molar-refractivity contribution in [2.75, 3.05) is 6.54 Å². The molecule has 0 fully saturated rings. The van der Waals surface area contributed by atoms with Gasteiger partial charge in [-0.2, -0.15) is 0 Å². The van der Waals surface area contributed by atoms with E-state index >= 15 is 0 Å². The maximum atomic E-state index is 13.9. The van der Waals surface area contributed by atoms with Gasteiger partial charge in [0.1, 0.15) is 11.2 Å². The molecule has 3 aromatic carbocycles. The number of carboxylic acid groups (broad SMARTS) is 1. The Morgan fingerprint density at radius 3 is 2.63 bits per heavy atom. The number of carbonyl (C=O) groups excluding carboxylic acids is 1. The Morgan fingerprint density at radius 1 is 0.953 bits per heavy atom. The van der Waals surface area contributed by atoms with Crippen LogP contribution in [0.1, 0.15) is 76.0 Å². The highest BCUT2D eigenvalue weighted by Crippen LogP contribution is 2.38. The maximum absolute atomic E-state index is 13.9. The first-order valence-corrected chi connectivity index (χ1v) is 15.3. The third-order valence-electron chi connectivity index (χ3n) is 9.76. The average Bonchev–Trinajstić information content (AvgIpc) is 3.57. The predicted octanol–water partition coefficient (Wildman–Crippen LogP) is 6.01. The number of aryl methyl sites for hydroxylation is 4. The first-order chi connectivity index (χ1) is 20.8. The number of benzene rings is 3. The summed E-state index contributed by atoms with van der Waals surface area (Å²) in [6.45, 7) is 5.74. The standard InChI is InChI=1S/C35H37N5O3/c1-21-28-11-13-30-33(21)36-37-40(30)15-6-4-5-7-23-8-12-29-26(17-23)19-31(38(29)3)34(41)39-16-14-24-9-10-25(18-27(24)20-39)32(28)22(2)35(42)43/h8-13,17-19,22,32H,4-7,14-16,20H2,1-3H3,(H,42,43)/t22-,32+/m1/s1. The van der Waals surface area contributed by atoms with E-state index in [1.54, 1.807) is 6.92 Å². The Morgan fingerprint density at radius 2 is 1.79 bits per heavy atom. The number of rotatable bonds is 2. The zero-order valence-electron chi connectivity index (χ0n) is 25.0. The average molecular weight is 576 g/mol. The molecular formula is C35H37N5O3. The second-order valence-electron chi connectivity index (χ2n) is 12.4. The normalized spacial score (nSPS) is 18.2. The van der Waals surface area contributed by atoms with Crippen LogP contribution < -0.4 is 0 Å². The van der Waals surface area contributed by atoms with Crippen molar-refractivity contribution in [1.82, 2.24) is 24.5 Å². The first kappa shape index (κ1) is 27.4. The third kappa shape index (κ3) is 4.69. The topological polar surface area (TPSA) is 93.3 Å². The molecule has 1 amide bonds. The van der Waals surface area contributed by atoms with E-state index in [0.717, 1.165) is 82.8 Å². The van der Waals surface area contributed by atoms with Gasteiger partial charge in [0.2, 0.25) is 0 Å². The van der Waals surface area contributed by atoms with Crippen LogP contribution in [-0.2, 0) is 37.8 Å². The quantitative estimate of drug-likeness (QED) is 0.278. The third-order valence-corrected chi connectivity index (χ3v) is 9.76. The molecule has 8 heteroatoms. The van der Waals surface area contributed by atoms with Gasteiger partial charge >= 0.3 is 5.97 Å². The van der Waals surface area contributed by atoms with Crippen LogP contribution in [0.3, 0.4) is 0 Å². The molecule has 8 nitrogen and oxygen atoms in total. The molecule has 0 unspecified atom stereocenters. The van der Waals surface area contributed by atoms with Gasteiger partial charge < -0.3 is 14.6 Å². The Bertz CT molecular complexity index is 1900. The van der Waals surface area contributed by atoms with Crippen LogP contribution in [0.5, 0.6) is 0 Å². The molecular weight excluding hydrogens is 538 g/mol. The number of amides is 1. The highest BCUT2D eigenvalue weighted by atomic mass is 16.4. The van der Waals surface area contributed by atoms with Crippen molar-refractivity contribution in [3.8, 4) is 0 Å². The van der Waals surface area contributed by atoms with E-state index in [0.29, 0.717) is 18.8 Å². The van der Waals surface area contributed by atoms with Crippen LogP contribution in [-0.4, -0.2) is 48.0 Å². The summed E-state index contributed by atoms with van der Waals surface area (Å²) in [5.74, 6) is -1.84. The monoisotopic (exact) mass is 575 g/mol. The van der Waals surface area contributed by atoms with Crippen LogP contribution in [0.2, 0.25) is 0 Å². The van der Waals surface area contributed by atoms with Gasteiger partial charge in [-0.3, -0.25) is 9.59 Å². The van der Waals surface area contributed by atoms with Crippen molar-refractivity contribution in [3.63, 3.8) is 0 Å². The fourth-order valence-corrected chi connectivity index (χ4v) is 7.20. The molecule has 0 saturated carbocycles. The zero-order valence-corrected chi connectivity index (χ0v) is 25.0. The minimum atomic E-state index is -0.844. The van der Waals surface area contributed by atoms with E-state index < -0.39 is 11.9 Å². The number of hydrogen-bond donors (Lipinski definition) is 1. The van der Waals surface area contributed by atoms with E-state index in [4.69, 9.17) is 0 Å². The van der Waals surface area contributed by atoms with Gasteiger partial charge in [-0.1, -0.05) is 48.9 Å². The lowest BCUT2D eigenvalue weighted by Gasteiger charge is -2.31. The number of carboxylic acids is 1. The number of carbonyl (C=O) groups is 2. The minimum Gasteiger partial charge on any atom is -0.481 e. The predicted molar refractivity (Wildman–Crippen MR) is 166 cm³/mol. The smallest absolute Gasteiger partial charge is 0.307 e. The van der Waals surface area contributed by atoms with E-state index in [2.05, 4.69) is 52.8 Å². The number of fused-ring (bicyclic) bond motifs is 5. The zero-order chi connectivity index (χ0) is 29.8. The lowest BCUT2D eigenvalue weighted by atomic mass is 9.78. The summed E-state index contributed by atoms with van der Waals surface area (Å²) in [6, 6.07) is 19.0. The summed E-state index contributed by atoms with van der Waals surface area (Å²) in [4.78, 5) is 28.2. The number of aromatic nitrogens is 4. The van der Waals surface area contributed by atoms with Gasteiger partial charge in [-0.05, 0) is 90.3 Å². The molecule has 0 spiro atoms. The molecule has 0 radical (unpaired) electrons. The lowest BCUT2D eigenvalue weighted by molar-refractivity contribution is -0.141. The number of nitrogens with zero attached hydrogens (tertiary/aromatic N) is 5. The largest absolute Gasteiger partial charge is 0.481 e. The van der Waals surface area contributed by atoms with Crippen molar-refractivity contribution in [2.45, 2.75) is 65.0 Å². The molecule has 2 atom stereocenters. The second-order valence-corrected chi connectivity index (χ2v) is 12.4. The van der Waals surface area contributed by atoms with Crippen molar-refractivity contribution in [2.24, 2.45) is 13.0 Å². The van der Waals surface area contributed by atoms with Crippen LogP contribution in [0, 0.1) is 12.8 Å². The van der Waals surface area contributed by atoms with Crippen molar-refractivity contribution >= 4 is 33.8 Å². The number of aliphatic carboxylic acids is 1. The molecule has 8 rings (SSSR count). The van der Waals surface area contributed by atoms with E-state index in [1.807, 2.05) is 40.3 Å². The molecule has 220 valence electrons. The second kappa shape index (κ2) is 10.7. The fraction of sp³-hybridized carbons (Fsp3) is 0.371. The lowest BCUT2D eigenvalue weighted by Crippen LogP contribution is -2.37. The van der Waals surface area contributed by atoms with Crippen LogP contribution in [0.4, 0.5) is 0 Å². The SMILES string of the molecule is Cc1c2ccc3c1nnn3CCCCCc1ccc3c(c1)cc(n3C)C(=O)N1CCc3ccc(cc3C1)[C@@H]2[C@@H](C)C(=O)O. The Kier molecular flexibility index (Phi) is 6.79. The van der Waals surface area contributed by atoms with Gasteiger partial charge in [0, 0.05) is 43.5 Å². The molecule has 0 saturated heterocycles. The van der Waals surface area contributed by atoms with Crippen molar-refractivity contribution in [1.29, 1.82) is 0 Å². The molecule has 0 aliphatic carbocycles. The summed E-state index contributed by atoms with van der Waals surface area (Å²) >= 11 is 0. The molecule has 3 aliphatic heterocycles. The highest BCUT2D eigenvalue weighted by Gasteiger charge is 2.31. The summed E-state index contributed by atoms with van der Waals surface area (Å²) in [6.07, 6.45) is 4.89. The molecule has 43 heavy (non-hydrogen) atoms. The van der Waals surface area contributed by atoms with Crippen LogP contribution in [0.25, 0.3) is 21.9 Å². The van der Waals surface area contributed by atoms with E-state index in [1.165, 1.54) is 11.1 Å². The van der Waals surface area contributed by atoms with E-state index in [9.17, 15) is 14.7 Å². The van der Waals surface area contributed by atoms with Gasteiger partial charge in [0.05, 0.1) is 11.4 Å².